The summed E-state index contributed by atoms with van der Waals surface area (Å²) in [4.78, 5) is 15.7. The van der Waals surface area contributed by atoms with Gasteiger partial charge in [-0.3, -0.25) is 4.79 Å². The average molecular weight is 288 g/mol. The molecular formula is C17H24N2O2. The first kappa shape index (κ1) is 15.6. The molecule has 0 saturated heterocycles. The Morgan fingerprint density at radius 2 is 2.14 bits per heavy atom. The second-order valence-corrected chi connectivity index (χ2v) is 5.55. The van der Waals surface area contributed by atoms with Crippen LogP contribution in [0.5, 0.6) is 0 Å². The third-order valence-electron chi connectivity index (χ3n) is 3.91. The number of aromatic nitrogens is 1. The lowest BCUT2D eigenvalue weighted by Crippen LogP contribution is -2.37. The van der Waals surface area contributed by atoms with Crippen LogP contribution in [-0.4, -0.2) is 30.6 Å². The van der Waals surface area contributed by atoms with Crippen LogP contribution in [0.2, 0.25) is 0 Å². The zero-order chi connectivity index (χ0) is 15.4. The van der Waals surface area contributed by atoms with Gasteiger partial charge in [-0.25, -0.2) is 0 Å². The van der Waals surface area contributed by atoms with E-state index in [1.807, 2.05) is 25.1 Å². The molecule has 1 unspecified atom stereocenters. The third-order valence-corrected chi connectivity index (χ3v) is 3.91. The minimum Gasteiger partial charge on any atom is -0.383 e. The molecule has 1 aromatic heterocycles. The number of H-pyrrole nitrogens is 1. The maximum atomic E-state index is 12.4. The van der Waals surface area contributed by atoms with Crippen LogP contribution in [0.4, 0.5) is 0 Å². The summed E-state index contributed by atoms with van der Waals surface area (Å²) in [6.07, 6.45) is 1.94. The molecule has 0 aliphatic rings. The Hall–Kier alpha value is -1.81. The lowest BCUT2D eigenvalue weighted by atomic mass is 10.1. The fourth-order valence-electron chi connectivity index (χ4n) is 2.62. The molecule has 0 radical (unpaired) electrons. The summed E-state index contributed by atoms with van der Waals surface area (Å²) in [6, 6.07) is 5.86. The van der Waals surface area contributed by atoms with Crippen molar-refractivity contribution in [3.05, 3.63) is 35.0 Å². The molecule has 21 heavy (non-hydrogen) atoms. The molecule has 2 rings (SSSR count). The number of aromatic amines is 1. The van der Waals surface area contributed by atoms with E-state index in [1.54, 1.807) is 7.11 Å². The number of methoxy groups -OCH3 is 1. The Bertz CT molecular complexity index is 625. The van der Waals surface area contributed by atoms with Gasteiger partial charge < -0.3 is 15.0 Å². The lowest BCUT2D eigenvalue weighted by Gasteiger charge is -2.17. The number of aryl methyl sites for hydroxylation is 2. The zero-order valence-electron chi connectivity index (χ0n) is 13.2. The molecular weight excluding hydrogens is 264 g/mol. The number of amides is 1. The highest BCUT2D eigenvalue weighted by Gasteiger charge is 2.14. The summed E-state index contributed by atoms with van der Waals surface area (Å²) in [5.41, 5.74) is 4.11. The van der Waals surface area contributed by atoms with Crippen LogP contribution in [-0.2, 0) is 4.74 Å². The van der Waals surface area contributed by atoms with Crippen LogP contribution >= 0.6 is 0 Å². The Morgan fingerprint density at radius 1 is 1.38 bits per heavy atom. The molecule has 1 amide bonds. The van der Waals surface area contributed by atoms with E-state index >= 15 is 0 Å². The van der Waals surface area contributed by atoms with Gasteiger partial charge in [-0.15, -0.1) is 0 Å². The van der Waals surface area contributed by atoms with Crippen LogP contribution in [0.15, 0.2) is 18.2 Å². The summed E-state index contributed by atoms with van der Waals surface area (Å²) < 4.78 is 5.17. The van der Waals surface area contributed by atoms with Gasteiger partial charge in [0.15, 0.2) is 0 Å². The molecule has 114 valence electrons. The topological polar surface area (TPSA) is 54.1 Å². The number of benzene rings is 1. The van der Waals surface area contributed by atoms with E-state index in [0.29, 0.717) is 12.2 Å². The summed E-state index contributed by atoms with van der Waals surface area (Å²) in [6.45, 7) is 6.77. The number of carbonyl (C=O) groups excluding carboxylic acids is 1. The number of rotatable bonds is 6. The van der Waals surface area contributed by atoms with E-state index in [2.05, 4.69) is 24.1 Å². The molecule has 0 fully saturated rings. The second-order valence-electron chi connectivity index (χ2n) is 5.55. The maximum Gasteiger partial charge on any atom is 0.251 e. The van der Waals surface area contributed by atoms with E-state index in [-0.39, 0.29) is 11.9 Å². The molecule has 0 aliphatic heterocycles. The summed E-state index contributed by atoms with van der Waals surface area (Å²) in [7, 11) is 1.66. The summed E-state index contributed by atoms with van der Waals surface area (Å²) in [5.74, 6) is -0.0364. The molecule has 0 spiro atoms. The van der Waals surface area contributed by atoms with Gasteiger partial charge in [0, 0.05) is 29.3 Å². The Morgan fingerprint density at radius 3 is 2.81 bits per heavy atom. The van der Waals surface area contributed by atoms with Gasteiger partial charge in [0.05, 0.1) is 12.6 Å². The molecule has 0 bridgehead atoms. The quantitative estimate of drug-likeness (QED) is 0.856. The molecule has 4 nitrogen and oxygen atoms in total. The number of hydrogen-bond acceptors (Lipinski definition) is 2. The molecule has 4 heteroatoms. The largest absolute Gasteiger partial charge is 0.383 e. The summed E-state index contributed by atoms with van der Waals surface area (Å²) in [5, 5.41) is 4.16. The standard InChI is InChI=1S/C17H24N2O2/c1-5-6-14(10-21-4)19-17(20)13-7-8-16-15(9-13)11(2)12(3)18-16/h7-9,14,18H,5-6,10H2,1-4H3,(H,19,20). The van der Waals surface area contributed by atoms with Crippen molar-refractivity contribution in [2.24, 2.45) is 0 Å². The molecule has 1 atom stereocenters. The molecule has 1 heterocycles. The number of hydrogen-bond donors (Lipinski definition) is 2. The highest BCUT2D eigenvalue weighted by molar-refractivity contribution is 5.99. The van der Waals surface area contributed by atoms with Crippen molar-refractivity contribution in [3.63, 3.8) is 0 Å². The third kappa shape index (κ3) is 3.45. The van der Waals surface area contributed by atoms with Gasteiger partial charge in [0.2, 0.25) is 0 Å². The summed E-state index contributed by atoms with van der Waals surface area (Å²) >= 11 is 0. The van der Waals surface area contributed by atoms with Crippen molar-refractivity contribution in [1.82, 2.24) is 10.3 Å². The van der Waals surface area contributed by atoms with Crippen molar-refractivity contribution in [2.75, 3.05) is 13.7 Å². The van der Waals surface area contributed by atoms with Gasteiger partial charge in [-0.2, -0.15) is 0 Å². The van der Waals surface area contributed by atoms with Crippen molar-refractivity contribution in [2.45, 2.75) is 39.7 Å². The highest BCUT2D eigenvalue weighted by Crippen LogP contribution is 2.22. The van der Waals surface area contributed by atoms with E-state index in [9.17, 15) is 4.79 Å². The lowest BCUT2D eigenvalue weighted by molar-refractivity contribution is 0.0892. The molecule has 1 aromatic carbocycles. The second kappa shape index (κ2) is 6.76. The zero-order valence-corrected chi connectivity index (χ0v) is 13.2. The Labute approximate surface area is 125 Å². The molecule has 2 N–H and O–H groups in total. The van der Waals surface area contributed by atoms with Crippen LogP contribution in [0, 0.1) is 13.8 Å². The van der Waals surface area contributed by atoms with E-state index in [1.165, 1.54) is 5.56 Å². The Balaban J connectivity index is 2.20. The van der Waals surface area contributed by atoms with Gasteiger partial charge in [-0.05, 0) is 44.0 Å². The number of nitrogens with one attached hydrogen (secondary N) is 2. The SMILES string of the molecule is CCCC(COC)NC(=O)c1ccc2[nH]c(C)c(C)c2c1. The van der Waals surface area contributed by atoms with Crippen LogP contribution < -0.4 is 5.32 Å². The molecule has 0 saturated carbocycles. The fourth-order valence-corrected chi connectivity index (χ4v) is 2.62. The predicted octanol–water partition coefficient (Wildman–Crippen LogP) is 3.33. The van der Waals surface area contributed by atoms with Gasteiger partial charge in [-0.1, -0.05) is 13.3 Å². The molecule has 0 aliphatic carbocycles. The van der Waals surface area contributed by atoms with Crippen molar-refractivity contribution in [1.29, 1.82) is 0 Å². The first-order chi connectivity index (χ1) is 10.1. The van der Waals surface area contributed by atoms with Gasteiger partial charge in [0.25, 0.3) is 5.91 Å². The normalized spacial score (nSPS) is 12.6. The van der Waals surface area contributed by atoms with Crippen LogP contribution in [0.3, 0.4) is 0 Å². The number of ether oxygens (including phenoxy) is 1. The van der Waals surface area contributed by atoms with Crippen molar-refractivity contribution in [3.8, 4) is 0 Å². The van der Waals surface area contributed by atoms with Gasteiger partial charge in [0.1, 0.15) is 0 Å². The van der Waals surface area contributed by atoms with Crippen molar-refractivity contribution < 1.29 is 9.53 Å². The first-order valence-electron chi connectivity index (χ1n) is 7.45. The van der Waals surface area contributed by atoms with E-state index in [4.69, 9.17) is 4.74 Å². The number of carbonyl (C=O) groups is 1. The maximum absolute atomic E-state index is 12.4. The minimum absolute atomic E-state index is 0.0364. The smallest absolute Gasteiger partial charge is 0.251 e. The van der Waals surface area contributed by atoms with E-state index in [0.717, 1.165) is 29.4 Å². The molecule has 2 aromatic rings. The average Bonchev–Trinajstić information content (AvgIpc) is 2.74. The Kier molecular flexibility index (Phi) is 5.02. The first-order valence-corrected chi connectivity index (χ1v) is 7.45. The van der Waals surface area contributed by atoms with Crippen LogP contribution in [0.1, 0.15) is 41.4 Å². The van der Waals surface area contributed by atoms with Crippen molar-refractivity contribution >= 4 is 16.8 Å². The minimum atomic E-state index is -0.0364. The monoisotopic (exact) mass is 288 g/mol. The van der Waals surface area contributed by atoms with Gasteiger partial charge >= 0.3 is 0 Å². The predicted molar refractivity (Wildman–Crippen MR) is 85.8 cm³/mol. The highest BCUT2D eigenvalue weighted by atomic mass is 16.5. The fraction of sp³-hybridized carbons (Fsp3) is 0.471. The van der Waals surface area contributed by atoms with E-state index < -0.39 is 0 Å². The van der Waals surface area contributed by atoms with Crippen LogP contribution in [0.25, 0.3) is 10.9 Å². The number of fused-ring (bicyclic) bond motifs is 1.